The van der Waals surface area contributed by atoms with E-state index in [4.69, 9.17) is 0 Å². The second-order valence-corrected chi connectivity index (χ2v) is 7.99. The summed E-state index contributed by atoms with van der Waals surface area (Å²) in [5.74, 6) is -0.887. The lowest BCUT2D eigenvalue weighted by atomic mass is 10.2. The van der Waals surface area contributed by atoms with Crippen LogP contribution in [0.2, 0.25) is 0 Å². The summed E-state index contributed by atoms with van der Waals surface area (Å²) >= 11 is 0. The molecule has 9 heteroatoms. The van der Waals surface area contributed by atoms with Crippen molar-refractivity contribution in [3.05, 3.63) is 53.3 Å². The van der Waals surface area contributed by atoms with Crippen molar-refractivity contribution in [1.29, 1.82) is 0 Å². The van der Waals surface area contributed by atoms with Gasteiger partial charge in [0.2, 0.25) is 5.91 Å². The minimum Gasteiger partial charge on any atom is -0.353 e. The van der Waals surface area contributed by atoms with Gasteiger partial charge < -0.3 is 20.4 Å². The molecule has 166 valence electrons. The van der Waals surface area contributed by atoms with Gasteiger partial charge in [0.15, 0.2) is 5.69 Å². The van der Waals surface area contributed by atoms with Gasteiger partial charge in [0.25, 0.3) is 11.8 Å². The molecule has 1 aromatic heterocycles. The van der Waals surface area contributed by atoms with Gasteiger partial charge in [0.1, 0.15) is 11.7 Å². The van der Waals surface area contributed by atoms with Crippen LogP contribution in [-0.2, 0) is 17.9 Å². The number of hydrogen-bond acceptors (Lipinski definition) is 5. The van der Waals surface area contributed by atoms with Gasteiger partial charge in [-0.2, -0.15) is 5.10 Å². The van der Waals surface area contributed by atoms with Crippen LogP contribution in [0, 0.1) is 0 Å². The highest BCUT2D eigenvalue weighted by atomic mass is 16.2. The molecule has 2 aromatic rings. The molecular formula is C22H30N6O3. The zero-order valence-electron chi connectivity index (χ0n) is 18.3. The van der Waals surface area contributed by atoms with Crippen molar-refractivity contribution in [2.45, 2.75) is 32.5 Å². The van der Waals surface area contributed by atoms with Gasteiger partial charge >= 0.3 is 0 Å². The summed E-state index contributed by atoms with van der Waals surface area (Å²) in [6, 6.07) is 10.6. The van der Waals surface area contributed by atoms with Crippen LogP contribution in [0.15, 0.2) is 36.4 Å². The summed E-state index contributed by atoms with van der Waals surface area (Å²) in [6.07, 6.45) is 0.749. The van der Waals surface area contributed by atoms with E-state index in [0.29, 0.717) is 38.4 Å². The van der Waals surface area contributed by atoms with E-state index in [9.17, 15) is 14.4 Å². The van der Waals surface area contributed by atoms with Gasteiger partial charge in [-0.25, -0.2) is 0 Å². The first-order valence-electron chi connectivity index (χ1n) is 10.5. The topological polar surface area (TPSA) is 99.6 Å². The monoisotopic (exact) mass is 426 g/mol. The maximum Gasteiger partial charge on any atom is 0.272 e. The lowest BCUT2D eigenvalue weighted by Crippen LogP contribution is -2.46. The number of nitrogens with zero attached hydrogens (tertiary/aromatic N) is 4. The molecule has 0 aliphatic carbocycles. The van der Waals surface area contributed by atoms with Gasteiger partial charge in [-0.15, -0.1) is 0 Å². The second-order valence-electron chi connectivity index (χ2n) is 7.99. The van der Waals surface area contributed by atoms with E-state index in [1.165, 1.54) is 6.07 Å². The average Bonchev–Trinajstić information content (AvgIpc) is 3.11. The van der Waals surface area contributed by atoms with E-state index in [-0.39, 0.29) is 17.5 Å². The average molecular weight is 427 g/mol. The first-order chi connectivity index (χ1) is 14.8. The fraction of sp³-hybridized carbons (Fsp3) is 0.455. The van der Waals surface area contributed by atoms with Crippen LogP contribution in [-0.4, -0.2) is 77.1 Å². The normalized spacial score (nSPS) is 14.7. The molecular weight excluding hydrogens is 396 g/mol. The molecule has 1 aliphatic heterocycles. The molecule has 2 N–H and O–H groups in total. The summed E-state index contributed by atoms with van der Waals surface area (Å²) < 4.78 is 1.59. The number of nitrogens with one attached hydrogen (secondary N) is 2. The van der Waals surface area contributed by atoms with E-state index in [1.54, 1.807) is 16.5 Å². The Morgan fingerprint density at radius 3 is 2.65 bits per heavy atom. The Bertz CT molecular complexity index is 925. The molecule has 31 heavy (non-hydrogen) atoms. The number of amides is 3. The fourth-order valence-corrected chi connectivity index (χ4v) is 3.39. The predicted molar refractivity (Wildman–Crippen MR) is 117 cm³/mol. The summed E-state index contributed by atoms with van der Waals surface area (Å²) in [4.78, 5) is 41.6. The number of carbonyl (C=O) groups is 3. The Kier molecular flexibility index (Phi) is 7.41. The van der Waals surface area contributed by atoms with Crippen molar-refractivity contribution in [3.8, 4) is 0 Å². The molecule has 0 radical (unpaired) electrons. The third kappa shape index (κ3) is 5.91. The highest BCUT2D eigenvalue weighted by molar-refractivity contribution is 5.99. The van der Waals surface area contributed by atoms with Gasteiger partial charge in [0.05, 0.1) is 0 Å². The molecule has 1 atom stereocenters. The van der Waals surface area contributed by atoms with Crippen LogP contribution in [0.3, 0.4) is 0 Å². The van der Waals surface area contributed by atoms with E-state index < -0.39 is 11.9 Å². The van der Waals surface area contributed by atoms with Crippen LogP contribution >= 0.6 is 0 Å². The SMILES string of the molecule is C[C@H](NC(=O)c1cc2n(n1)CCCN(Cc1ccccc1)C2=O)C(=O)NCCN(C)C. The number of rotatable bonds is 8. The highest BCUT2D eigenvalue weighted by Crippen LogP contribution is 2.16. The Morgan fingerprint density at radius 2 is 1.94 bits per heavy atom. The third-order valence-electron chi connectivity index (χ3n) is 5.13. The van der Waals surface area contributed by atoms with Crippen LogP contribution in [0.5, 0.6) is 0 Å². The number of benzene rings is 1. The van der Waals surface area contributed by atoms with Crippen molar-refractivity contribution in [2.75, 3.05) is 33.7 Å². The molecule has 0 bridgehead atoms. The molecule has 1 aromatic carbocycles. The van der Waals surface area contributed by atoms with Gasteiger partial charge in [0, 0.05) is 38.8 Å². The van der Waals surface area contributed by atoms with Crippen LogP contribution < -0.4 is 10.6 Å². The Hall–Kier alpha value is -3.20. The van der Waals surface area contributed by atoms with Crippen LogP contribution in [0.25, 0.3) is 0 Å². The van der Waals surface area contributed by atoms with Gasteiger partial charge in [-0.1, -0.05) is 30.3 Å². The third-order valence-corrected chi connectivity index (χ3v) is 5.13. The molecule has 0 spiro atoms. The van der Waals surface area contributed by atoms with Gasteiger partial charge in [-0.05, 0) is 33.0 Å². The Morgan fingerprint density at radius 1 is 1.19 bits per heavy atom. The Labute approximate surface area is 182 Å². The first kappa shape index (κ1) is 22.5. The zero-order valence-corrected chi connectivity index (χ0v) is 18.3. The lowest BCUT2D eigenvalue weighted by molar-refractivity contribution is -0.122. The first-order valence-corrected chi connectivity index (χ1v) is 10.5. The summed E-state index contributed by atoms with van der Waals surface area (Å²) in [5, 5.41) is 9.76. The van der Waals surface area contributed by atoms with E-state index in [0.717, 1.165) is 12.0 Å². The van der Waals surface area contributed by atoms with E-state index >= 15 is 0 Å². The van der Waals surface area contributed by atoms with Crippen molar-refractivity contribution in [1.82, 2.24) is 30.2 Å². The van der Waals surface area contributed by atoms with E-state index in [2.05, 4.69) is 15.7 Å². The minimum atomic E-state index is -0.707. The van der Waals surface area contributed by atoms with Crippen molar-refractivity contribution < 1.29 is 14.4 Å². The summed E-state index contributed by atoms with van der Waals surface area (Å²) in [7, 11) is 3.84. The fourth-order valence-electron chi connectivity index (χ4n) is 3.39. The number of aromatic nitrogens is 2. The predicted octanol–water partition coefficient (Wildman–Crippen LogP) is 0.725. The maximum atomic E-state index is 13.0. The summed E-state index contributed by atoms with van der Waals surface area (Å²) in [6.45, 7) is 4.52. The smallest absolute Gasteiger partial charge is 0.272 e. The molecule has 2 heterocycles. The van der Waals surface area contributed by atoms with Gasteiger partial charge in [-0.3, -0.25) is 19.1 Å². The maximum absolute atomic E-state index is 13.0. The molecule has 0 saturated heterocycles. The number of hydrogen-bond donors (Lipinski definition) is 2. The molecule has 0 fully saturated rings. The number of fused-ring (bicyclic) bond motifs is 1. The molecule has 1 aliphatic rings. The van der Waals surface area contributed by atoms with Crippen LogP contribution in [0.4, 0.5) is 0 Å². The van der Waals surface area contributed by atoms with Crippen molar-refractivity contribution >= 4 is 17.7 Å². The molecule has 0 unspecified atom stereocenters. The van der Waals surface area contributed by atoms with Crippen molar-refractivity contribution in [3.63, 3.8) is 0 Å². The molecule has 0 saturated carbocycles. The molecule has 3 rings (SSSR count). The Balaban J connectivity index is 1.64. The zero-order chi connectivity index (χ0) is 22.4. The largest absolute Gasteiger partial charge is 0.353 e. The molecule has 3 amide bonds. The standard InChI is InChI=1S/C22H30N6O3/c1-16(20(29)23-10-13-26(2)3)24-21(30)18-14-19-22(31)27(11-7-12-28(19)25-18)15-17-8-5-4-6-9-17/h4-6,8-9,14,16H,7,10-13,15H2,1-3H3,(H,23,29)(H,24,30)/t16-/m0/s1. The van der Waals surface area contributed by atoms with Crippen molar-refractivity contribution in [2.24, 2.45) is 0 Å². The number of carbonyl (C=O) groups excluding carboxylic acids is 3. The van der Waals surface area contributed by atoms with E-state index in [1.807, 2.05) is 49.3 Å². The van der Waals surface area contributed by atoms with Crippen LogP contribution in [0.1, 0.15) is 39.9 Å². The highest BCUT2D eigenvalue weighted by Gasteiger charge is 2.27. The quantitative estimate of drug-likeness (QED) is 0.648. The molecule has 9 nitrogen and oxygen atoms in total. The summed E-state index contributed by atoms with van der Waals surface area (Å²) in [5.41, 5.74) is 1.58. The minimum absolute atomic E-state index is 0.137. The second kappa shape index (κ2) is 10.2. The lowest BCUT2D eigenvalue weighted by Gasteiger charge is -2.20. The number of aryl methyl sites for hydroxylation is 1. The number of likely N-dealkylation sites (N-methyl/N-ethyl adjacent to an activating group) is 1.